The van der Waals surface area contributed by atoms with Crippen LogP contribution in [-0.2, 0) is 4.79 Å². The Bertz CT molecular complexity index is 742. The molecule has 1 heterocycles. The molecule has 1 unspecified atom stereocenters. The molecule has 0 aliphatic heterocycles. The van der Waals surface area contributed by atoms with Gasteiger partial charge in [0, 0.05) is 17.5 Å². The van der Waals surface area contributed by atoms with Gasteiger partial charge >= 0.3 is 5.97 Å². The van der Waals surface area contributed by atoms with Gasteiger partial charge in [0.1, 0.15) is 11.7 Å². The first kappa shape index (κ1) is 16.4. The van der Waals surface area contributed by atoms with Crippen LogP contribution in [0.3, 0.4) is 0 Å². The van der Waals surface area contributed by atoms with Gasteiger partial charge in [-0.2, -0.15) is 0 Å². The Kier molecular flexibility index (Phi) is 5.19. The molecule has 1 atom stereocenters. The number of amides is 1. The zero-order valence-electron chi connectivity index (χ0n) is 12.9. The van der Waals surface area contributed by atoms with Crippen LogP contribution in [0.5, 0.6) is 0 Å². The van der Waals surface area contributed by atoms with Crippen LogP contribution in [0.4, 0.5) is 5.69 Å². The summed E-state index contributed by atoms with van der Waals surface area (Å²) in [4.78, 5) is 31.3. The highest BCUT2D eigenvalue weighted by Crippen LogP contribution is 2.17. The minimum atomic E-state index is -1.00. The van der Waals surface area contributed by atoms with Gasteiger partial charge < -0.3 is 10.4 Å². The number of benzene rings is 1. The van der Waals surface area contributed by atoms with Crippen molar-refractivity contribution in [2.45, 2.75) is 19.9 Å². The molecule has 2 rings (SSSR count). The van der Waals surface area contributed by atoms with Crippen molar-refractivity contribution < 1.29 is 14.7 Å². The highest BCUT2D eigenvalue weighted by molar-refractivity contribution is 6.10. The molecule has 0 saturated heterocycles. The van der Waals surface area contributed by atoms with E-state index in [-0.39, 0.29) is 5.91 Å². The molecule has 0 bridgehead atoms. The molecule has 23 heavy (non-hydrogen) atoms. The Labute approximate surface area is 133 Å². The topological polar surface area (TPSA) is 91.6 Å². The van der Waals surface area contributed by atoms with Crippen molar-refractivity contribution in [3.05, 3.63) is 59.9 Å². The summed E-state index contributed by atoms with van der Waals surface area (Å²) in [6, 6.07) is 11.3. The number of aromatic nitrogens is 1. The molecule has 0 aliphatic carbocycles. The average molecular weight is 311 g/mol. The number of hydrogen-bond donors (Lipinski definition) is 2. The van der Waals surface area contributed by atoms with Crippen LogP contribution in [0.1, 0.15) is 29.9 Å². The normalized spacial score (nSPS) is 12.5. The number of pyridine rings is 1. The van der Waals surface area contributed by atoms with Gasteiger partial charge in [-0.25, -0.2) is 4.79 Å². The van der Waals surface area contributed by atoms with E-state index in [0.717, 1.165) is 0 Å². The number of carbonyl (C=O) groups excluding carboxylic acids is 1. The number of aliphatic imine (C=N–C) groups is 1. The third-order valence-electron chi connectivity index (χ3n) is 3.21. The van der Waals surface area contributed by atoms with E-state index in [1.807, 2.05) is 0 Å². The average Bonchev–Trinajstić information content (AvgIpc) is 2.55. The fourth-order valence-electron chi connectivity index (χ4n) is 2.01. The monoisotopic (exact) mass is 311 g/mol. The summed E-state index contributed by atoms with van der Waals surface area (Å²) < 4.78 is 0. The molecule has 1 amide bonds. The van der Waals surface area contributed by atoms with Gasteiger partial charge in [0.05, 0.1) is 5.69 Å². The fraction of sp³-hybridized carbons (Fsp3) is 0.176. The van der Waals surface area contributed by atoms with E-state index >= 15 is 0 Å². The Morgan fingerprint density at radius 1 is 1.17 bits per heavy atom. The van der Waals surface area contributed by atoms with Gasteiger partial charge in [0.25, 0.3) is 5.91 Å². The van der Waals surface area contributed by atoms with Gasteiger partial charge in [-0.3, -0.25) is 14.8 Å². The number of anilines is 1. The first-order valence-corrected chi connectivity index (χ1v) is 7.08. The number of nitrogens with zero attached hydrogens (tertiary/aromatic N) is 2. The number of carbonyl (C=O) groups is 2. The second kappa shape index (κ2) is 7.31. The first-order valence-electron chi connectivity index (χ1n) is 7.08. The highest BCUT2D eigenvalue weighted by atomic mass is 16.4. The number of rotatable bonds is 5. The lowest BCUT2D eigenvalue weighted by molar-refractivity contribution is -0.137. The van der Waals surface area contributed by atoms with E-state index in [9.17, 15) is 9.59 Å². The predicted molar refractivity (Wildman–Crippen MR) is 87.9 cm³/mol. The lowest BCUT2D eigenvalue weighted by Gasteiger charge is -2.11. The quantitative estimate of drug-likeness (QED) is 0.830. The molecule has 0 spiro atoms. The molecule has 118 valence electrons. The molecule has 1 aromatic heterocycles. The van der Waals surface area contributed by atoms with E-state index in [1.54, 1.807) is 55.6 Å². The van der Waals surface area contributed by atoms with E-state index in [4.69, 9.17) is 5.11 Å². The maximum atomic E-state index is 12.2. The zero-order chi connectivity index (χ0) is 16.8. The third kappa shape index (κ3) is 4.23. The summed E-state index contributed by atoms with van der Waals surface area (Å²) >= 11 is 0. The number of nitrogens with one attached hydrogen (secondary N) is 1. The molecule has 6 nitrogen and oxygen atoms in total. The van der Waals surface area contributed by atoms with Gasteiger partial charge in [-0.05, 0) is 32.0 Å². The highest BCUT2D eigenvalue weighted by Gasteiger charge is 2.13. The summed E-state index contributed by atoms with van der Waals surface area (Å²) in [5.41, 5.74) is 2.07. The van der Waals surface area contributed by atoms with Crippen molar-refractivity contribution in [2.75, 3.05) is 5.32 Å². The number of para-hydroxylation sites is 1. The molecular formula is C17H17N3O3. The number of aliphatic carboxylic acids is 1. The van der Waals surface area contributed by atoms with Gasteiger partial charge in [-0.1, -0.05) is 24.3 Å². The largest absolute Gasteiger partial charge is 0.480 e. The Morgan fingerprint density at radius 3 is 2.52 bits per heavy atom. The summed E-state index contributed by atoms with van der Waals surface area (Å²) in [6.07, 6.45) is 1.54. The first-order chi connectivity index (χ1) is 11.0. The van der Waals surface area contributed by atoms with Crippen LogP contribution < -0.4 is 5.32 Å². The molecule has 2 N–H and O–H groups in total. The minimum absolute atomic E-state index is 0.302. The zero-order valence-corrected chi connectivity index (χ0v) is 12.9. The van der Waals surface area contributed by atoms with Crippen molar-refractivity contribution in [1.29, 1.82) is 0 Å². The van der Waals surface area contributed by atoms with Crippen molar-refractivity contribution in [3.8, 4) is 0 Å². The van der Waals surface area contributed by atoms with E-state index in [2.05, 4.69) is 15.3 Å². The minimum Gasteiger partial charge on any atom is -0.480 e. The summed E-state index contributed by atoms with van der Waals surface area (Å²) in [5.74, 6) is -1.34. The SMILES string of the molecule is CC(=NC(C)C(=O)O)c1ccccc1NC(=O)c1ccccn1. The summed E-state index contributed by atoms with van der Waals surface area (Å²) in [6.45, 7) is 3.21. The maximum absolute atomic E-state index is 12.2. The Morgan fingerprint density at radius 2 is 1.87 bits per heavy atom. The number of carboxylic acids is 1. The molecule has 0 saturated carbocycles. The van der Waals surface area contributed by atoms with Crippen LogP contribution in [-0.4, -0.2) is 33.7 Å². The van der Waals surface area contributed by atoms with Crippen molar-refractivity contribution in [3.63, 3.8) is 0 Å². The fourth-order valence-corrected chi connectivity index (χ4v) is 2.01. The second-order valence-electron chi connectivity index (χ2n) is 4.94. The number of carboxylic acid groups (broad SMARTS) is 1. The number of hydrogen-bond acceptors (Lipinski definition) is 4. The Hall–Kier alpha value is -3.02. The van der Waals surface area contributed by atoms with Crippen LogP contribution in [0.25, 0.3) is 0 Å². The summed E-state index contributed by atoms with van der Waals surface area (Å²) in [7, 11) is 0. The second-order valence-corrected chi connectivity index (χ2v) is 4.94. The van der Waals surface area contributed by atoms with Gasteiger partial charge in [0.2, 0.25) is 0 Å². The van der Waals surface area contributed by atoms with E-state index < -0.39 is 12.0 Å². The van der Waals surface area contributed by atoms with Crippen LogP contribution in [0, 0.1) is 0 Å². The molecule has 0 radical (unpaired) electrons. The molecule has 1 aromatic carbocycles. The van der Waals surface area contributed by atoms with E-state index in [1.165, 1.54) is 6.92 Å². The lowest BCUT2D eigenvalue weighted by atomic mass is 10.1. The maximum Gasteiger partial charge on any atom is 0.328 e. The van der Waals surface area contributed by atoms with Crippen molar-refractivity contribution >= 4 is 23.3 Å². The van der Waals surface area contributed by atoms with Crippen LogP contribution in [0.2, 0.25) is 0 Å². The predicted octanol–water partition coefficient (Wildman–Crippen LogP) is 2.62. The summed E-state index contributed by atoms with van der Waals surface area (Å²) in [5, 5.41) is 11.7. The van der Waals surface area contributed by atoms with Gasteiger partial charge in [0.15, 0.2) is 0 Å². The van der Waals surface area contributed by atoms with Crippen molar-refractivity contribution in [1.82, 2.24) is 4.98 Å². The van der Waals surface area contributed by atoms with Gasteiger partial charge in [-0.15, -0.1) is 0 Å². The molecule has 0 aliphatic rings. The molecule has 2 aromatic rings. The Balaban J connectivity index is 2.28. The van der Waals surface area contributed by atoms with Crippen LogP contribution >= 0.6 is 0 Å². The molecule has 6 heteroatoms. The third-order valence-corrected chi connectivity index (χ3v) is 3.21. The lowest BCUT2D eigenvalue weighted by Crippen LogP contribution is -2.18. The smallest absolute Gasteiger partial charge is 0.328 e. The molecule has 0 fully saturated rings. The standard InChI is InChI=1S/C17H17N3O3/c1-11(19-12(2)17(22)23)13-7-3-4-8-14(13)20-16(21)15-9-5-6-10-18-15/h3-10,12H,1-2H3,(H,20,21)(H,22,23). The molecular weight excluding hydrogens is 294 g/mol. The van der Waals surface area contributed by atoms with E-state index in [0.29, 0.717) is 22.7 Å². The van der Waals surface area contributed by atoms with Crippen molar-refractivity contribution in [2.24, 2.45) is 4.99 Å². The van der Waals surface area contributed by atoms with Crippen LogP contribution in [0.15, 0.2) is 53.7 Å².